The number of hydrogen-bond acceptors (Lipinski definition) is 5. The van der Waals surface area contributed by atoms with Crippen LogP contribution in [-0.4, -0.2) is 53.3 Å². The van der Waals surface area contributed by atoms with Gasteiger partial charge in [-0.1, -0.05) is 36.4 Å². The van der Waals surface area contributed by atoms with E-state index in [2.05, 4.69) is 0 Å². The highest BCUT2D eigenvalue weighted by Crippen LogP contribution is 2.23. The van der Waals surface area contributed by atoms with Crippen molar-refractivity contribution in [3.63, 3.8) is 0 Å². The van der Waals surface area contributed by atoms with Crippen LogP contribution in [-0.2, 0) is 20.9 Å². The zero-order valence-electron chi connectivity index (χ0n) is 15.9. The predicted octanol–water partition coefficient (Wildman–Crippen LogP) is 2.94. The van der Waals surface area contributed by atoms with Crippen molar-refractivity contribution in [2.24, 2.45) is 0 Å². The van der Waals surface area contributed by atoms with Gasteiger partial charge in [-0.2, -0.15) is 0 Å². The first kappa shape index (κ1) is 20.1. The maximum Gasteiger partial charge on any atom is 0.329 e. The molecule has 1 fully saturated rings. The molecule has 0 bridgehead atoms. The second-order valence-corrected chi connectivity index (χ2v) is 7.58. The summed E-state index contributed by atoms with van der Waals surface area (Å²) in [5, 5.41) is 1.83. The van der Waals surface area contributed by atoms with Gasteiger partial charge in [-0.3, -0.25) is 9.59 Å². The largest absolute Gasteiger partial charge is 0.454 e. The van der Waals surface area contributed by atoms with Gasteiger partial charge in [0.2, 0.25) is 0 Å². The smallest absolute Gasteiger partial charge is 0.329 e. The molecule has 2 heterocycles. The number of esters is 1. The monoisotopic (exact) mass is 400 g/mol. The van der Waals surface area contributed by atoms with E-state index in [1.54, 1.807) is 15.9 Å². The Balaban J connectivity index is 1.55. The van der Waals surface area contributed by atoms with E-state index >= 15 is 0 Å². The summed E-state index contributed by atoms with van der Waals surface area (Å²) in [6, 6.07) is 12.6. The molecule has 0 spiro atoms. The summed E-state index contributed by atoms with van der Waals surface area (Å²) in [4.78, 5) is 41.4. The summed E-state index contributed by atoms with van der Waals surface area (Å²) in [7, 11) is 0. The van der Waals surface area contributed by atoms with E-state index < -0.39 is 12.0 Å². The third-order valence-corrected chi connectivity index (χ3v) is 5.66. The standard InChI is InChI=1S/C21H24N2O4S/c1-2-22(14-16-8-4-3-5-9-16)19(24)15-27-21(26)17-10-6-12-23(17)20(25)18-11-7-13-28-18/h3-5,7-9,11,13,17H,2,6,10,12,14-15H2,1H3/t17-/m0/s1. The second kappa shape index (κ2) is 9.50. The highest BCUT2D eigenvalue weighted by molar-refractivity contribution is 7.12. The van der Waals surface area contributed by atoms with E-state index in [4.69, 9.17) is 4.74 Å². The molecule has 0 radical (unpaired) electrons. The van der Waals surface area contributed by atoms with Crippen molar-refractivity contribution < 1.29 is 19.1 Å². The summed E-state index contributed by atoms with van der Waals surface area (Å²) < 4.78 is 5.29. The third-order valence-electron chi connectivity index (χ3n) is 4.81. The lowest BCUT2D eigenvalue weighted by Crippen LogP contribution is -2.42. The van der Waals surface area contributed by atoms with Crippen LogP contribution in [0.2, 0.25) is 0 Å². The molecule has 1 aromatic heterocycles. The van der Waals surface area contributed by atoms with Crippen LogP contribution in [0.5, 0.6) is 0 Å². The molecule has 0 unspecified atom stereocenters. The Labute approximate surface area is 168 Å². The molecule has 2 aromatic rings. The molecule has 1 aromatic carbocycles. The first-order valence-corrected chi connectivity index (χ1v) is 10.3. The van der Waals surface area contributed by atoms with Crippen LogP contribution in [0.3, 0.4) is 0 Å². The van der Waals surface area contributed by atoms with Gasteiger partial charge in [-0.25, -0.2) is 4.79 Å². The number of likely N-dealkylation sites (N-methyl/N-ethyl adjacent to an activating group) is 1. The molecule has 0 N–H and O–H groups in total. The lowest BCUT2D eigenvalue weighted by molar-refractivity contribution is -0.155. The van der Waals surface area contributed by atoms with E-state index in [1.165, 1.54) is 11.3 Å². The molecule has 1 aliphatic heterocycles. The zero-order chi connectivity index (χ0) is 19.9. The van der Waals surface area contributed by atoms with Gasteiger partial charge in [0.25, 0.3) is 11.8 Å². The second-order valence-electron chi connectivity index (χ2n) is 6.64. The third kappa shape index (κ3) is 4.78. The molecule has 7 heteroatoms. The van der Waals surface area contributed by atoms with Crippen LogP contribution in [0.4, 0.5) is 0 Å². The Morgan fingerprint density at radius 1 is 1.18 bits per heavy atom. The number of carbonyl (C=O) groups excluding carboxylic acids is 3. The molecule has 28 heavy (non-hydrogen) atoms. The number of carbonyl (C=O) groups is 3. The maximum atomic E-state index is 12.6. The fraction of sp³-hybridized carbons (Fsp3) is 0.381. The summed E-state index contributed by atoms with van der Waals surface area (Å²) in [5.74, 6) is -0.902. The maximum absolute atomic E-state index is 12.6. The summed E-state index contributed by atoms with van der Waals surface area (Å²) in [6.45, 7) is 3.11. The highest BCUT2D eigenvalue weighted by atomic mass is 32.1. The van der Waals surface area contributed by atoms with E-state index in [0.717, 1.165) is 12.0 Å². The van der Waals surface area contributed by atoms with Gasteiger partial charge < -0.3 is 14.5 Å². The van der Waals surface area contributed by atoms with Crippen LogP contribution < -0.4 is 0 Å². The van der Waals surface area contributed by atoms with Gasteiger partial charge in [-0.05, 0) is 36.8 Å². The van der Waals surface area contributed by atoms with Gasteiger partial charge in [0, 0.05) is 19.6 Å². The Bertz CT molecular complexity index is 807. The SMILES string of the molecule is CCN(Cc1ccccc1)C(=O)COC(=O)[C@@H]1CCCN1C(=O)c1cccs1. The molecule has 6 nitrogen and oxygen atoms in total. The number of thiophene rings is 1. The number of nitrogens with zero attached hydrogens (tertiary/aromatic N) is 2. The Kier molecular flexibility index (Phi) is 6.81. The normalized spacial score (nSPS) is 16.0. The highest BCUT2D eigenvalue weighted by Gasteiger charge is 2.36. The van der Waals surface area contributed by atoms with Crippen LogP contribution in [0, 0.1) is 0 Å². The van der Waals surface area contributed by atoms with Gasteiger partial charge in [0.05, 0.1) is 4.88 Å². The molecular formula is C21H24N2O4S. The number of rotatable bonds is 7. The van der Waals surface area contributed by atoms with Gasteiger partial charge in [0.1, 0.15) is 6.04 Å². The minimum absolute atomic E-state index is 0.153. The fourth-order valence-corrected chi connectivity index (χ4v) is 3.98. The lowest BCUT2D eigenvalue weighted by Gasteiger charge is -2.24. The van der Waals surface area contributed by atoms with Crippen molar-refractivity contribution in [1.82, 2.24) is 9.80 Å². The molecule has 148 valence electrons. The van der Waals surface area contributed by atoms with Gasteiger partial charge in [0.15, 0.2) is 6.61 Å². The fourth-order valence-electron chi connectivity index (χ4n) is 3.30. The summed E-state index contributed by atoms with van der Waals surface area (Å²) in [6.07, 6.45) is 1.31. The first-order valence-electron chi connectivity index (χ1n) is 9.43. The molecule has 0 saturated carbocycles. The quantitative estimate of drug-likeness (QED) is 0.670. The molecule has 1 saturated heterocycles. The Morgan fingerprint density at radius 2 is 1.96 bits per heavy atom. The van der Waals surface area contributed by atoms with Crippen LogP contribution in [0.25, 0.3) is 0 Å². The van der Waals surface area contributed by atoms with Crippen molar-refractivity contribution in [2.75, 3.05) is 19.7 Å². The number of amides is 2. The number of benzene rings is 1. The van der Waals surface area contributed by atoms with E-state index in [-0.39, 0.29) is 18.4 Å². The van der Waals surface area contributed by atoms with Gasteiger partial charge in [-0.15, -0.1) is 11.3 Å². The Hall–Kier alpha value is -2.67. The van der Waals surface area contributed by atoms with Crippen molar-refractivity contribution in [3.05, 3.63) is 58.3 Å². The minimum atomic E-state index is -0.619. The average molecular weight is 401 g/mol. The van der Waals surface area contributed by atoms with E-state index in [0.29, 0.717) is 30.9 Å². The number of likely N-dealkylation sites (tertiary alicyclic amines) is 1. The van der Waals surface area contributed by atoms with Gasteiger partial charge >= 0.3 is 5.97 Å². The molecule has 3 rings (SSSR count). The first-order chi connectivity index (χ1) is 13.6. The summed E-state index contributed by atoms with van der Waals surface area (Å²) >= 11 is 1.35. The Morgan fingerprint density at radius 3 is 2.64 bits per heavy atom. The zero-order valence-corrected chi connectivity index (χ0v) is 16.7. The van der Waals surface area contributed by atoms with Crippen molar-refractivity contribution in [3.8, 4) is 0 Å². The molecule has 1 atom stereocenters. The topological polar surface area (TPSA) is 66.9 Å². The lowest BCUT2D eigenvalue weighted by atomic mass is 10.2. The van der Waals surface area contributed by atoms with Crippen molar-refractivity contribution in [2.45, 2.75) is 32.4 Å². The van der Waals surface area contributed by atoms with Crippen LogP contribution >= 0.6 is 11.3 Å². The summed E-state index contributed by atoms with van der Waals surface area (Å²) in [5.41, 5.74) is 1.02. The van der Waals surface area contributed by atoms with E-state index in [1.807, 2.05) is 48.7 Å². The molecule has 2 amide bonds. The van der Waals surface area contributed by atoms with E-state index in [9.17, 15) is 14.4 Å². The molecule has 0 aliphatic carbocycles. The number of hydrogen-bond donors (Lipinski definition) is 0. The van der Waals surface area contributed by atoms with Crippen LogP contribution in [0.1, 0.15) is 35.0 Å². The molecule has 1 aliphatic rings. The predicted molar refractivity (Wildman–Crippen MR) is 107 cm³/mol. The van der Waals surface area contributed by atoms with Crippen molar-refractivity contribution >= 4 is 29.1 Å². The van der Waals surface area contributed by atoms with Crippen LogP contribution in [0.15, 0.2) is 47.8 Å². The molecular weight excluding hydrogens is 376 g/mol. The number of ether oxygens (including phenoxy) is 1. The minimum Gasteiger partial charge on any atom is -0.454 e. The van der Waals surface area contributed by atoms with Crippen molar-refractivity contribution in [1.29, 1.82) is 0 Å². The average Bonchev–Trinajstić information content (AvgIpc) is 3.42.